The standard InChI is InChI=1S/C67H77F2N15O13S2/c1-67-16-3-18-84(67)65(96)54(21-36-6-10-44(85)11-7-36)82-63(94)52(26-43-30-72-35-76-43)80-64(95)53(27-58(88)89)81-62(93)51(23-40-29-74-48-13-9-42(69)25-46(40)48)79-61(92)50(22-39-28-73-47-12-8-41(68)24-45(39)47)78-57(87)31-75-60(91)49(14-17-70)77-56(86)15-19-98-32-37-4-2-5-38(20-37)33-99-34-55(59(71)90)83-66(67)97/h2,4-13,20,24-25,28-30,35,49-55,73-74,85H,3,14-19,21-23,26-27,31-34,70H2,1H3,(H2,71,90)(H,72,76)(H,75,91)(H,77,86)(H,78,87)(H,79,92)(H,80,95)(H,81,93)(H,82,94)(H,83,97)(H,88,89)/t49-,50+,51+,52+,53+,54+,55+,67+/m1/s1. The highest BCUT2D eigenvalue weighted by atomic mass is 32.2. The number of phenols is 1. The number of thioether (sulfide) groups is 2. The first-order valence-corrected chi connectivity index (χ1v) is 34.2. The number of aromatic nitrogens is 4. The number of nitrogens with zero attached hydrogens (tertiary/aromatic N) is 2. The molecule has 0 unspecified atom stereocenters. The Morgan fingerprint density at radius 2 is 1.23 bits per heavy atom. The number of carbonyl (C=O) groups excluding carboxylic acids is 10. The maximum Gasteiger partial charge on any atom is 0.305 e. The van der Waals surface area contributed by atoms with Crippen molar-refractivity contribution in [3.8, 4) is 5.75 Å². The number of fused-ring (bicyclic) bond motifs is 5. The van der Waals surface area contributed by atoms with Gasteiger partial charge in [0.25, 0.3) is 0 Å². The van der Waals surface area contributed by atoms with E-state index in [0.717, 1.165) is 17.2 Å². The van der Waals surface area contributed by atoms with Gasteiger partial charge >= 0.3 is 5.97 Å². The van der Waals surface area contributed by atoms with Crippen molar-refractivity contribution in [2.45, 2.75) is 124 Å². The Balaban J connectivity index is 1.05. The third-order valence-electron chi connectivity index (χ3n) is 17.1. The molecule has 0 radical (unpaired) electrons. The summed E-state index contributed by atoms with van der Waals surface area (Å²) in [7, 11) is 0. The lowest BCUT2D eigenvalue weighted by Gasteiger charge is -2.37. The van der Waals surface area contributed by atoms with Crippen LogP contribution in [0.2, 0.25) is 0 Å². The number of hydrogen-bond donors (Lipinski definition) is 15. The highest BCUT2D eigenvalue weighted by molar-refractivity contribution is 7.98. The number of carboxylic acids is 1. The zero-order valence-corrected chi connectivity index (χ0v) is 55.4. The number of aromatic hydroxyl groups is 1. The maximum absolute atomic E-state index is 15.2. The van der Waals surface area contributed by atoms with Crippen molar-refractivity contribution in [2.75, 3.05) is 31.1 Å². The normalized spacial score (nSPS) is 22.9. The number of nitrogens with two attached hydrogens (primary N) is 2. The van der Waals surface area contributed by atoms with Crippen LogP contribution in [-0.4, -0.2) is 179 Å². The van der Waals surface area contributed by atoms with Crippen LogP contribution in [0.3, 0.4) is 0 Å². The van der Waals surface area contributed by atoms with Gasteiger partial charge in [-0.25, -0.2) is 13.8 Å². The summed E-state index contributed by atoms with van der Waals surface area (Å²) in [6, 6.07) is 9.81. The number of carbonyl (C=O) groups is 11. The first-order valence-electron chi connectivity index (χ1n) is 31.8. The van der Waals surface area contributed by atoms with Gasteiger partial charge in [-0.15, -0.1) is 0 Å². The number of rotatable bonds is 13. The molecule has 0 aliphatic carbocycles. The fraction of sp³-hybridized carbons (Fsp3) is 0.373. The summed E-state index contributed by atoms with van der Waals surface area (Å²) < 4.78 is 29.8. The van der Waals surface area contributed by atoms with E-state index in [2.05, 4.69) is 62.5 Å². The lowest BCUT2D eigenvalue weighted by Crippen LogP contribution is -2.63. The molecular formula is C67H77F2N15O13S2. The summed E-state index contributed by atoms with van der Waals surface area (Å²) >= 11 is 2.77. The first kappa shape index (κ1) is 72.9. The van der Waals surface area contributed by atoms with Crippen LogP contribution in [0.4, 0.5) is 8.78 Å². The molecule has 1 fully saturated rings. The molecule has 0 saturated carbocycles. The molecule has 9 rings (SSSR count). The Morgan fingerprint density at radius 3 is 1.83 bits per heavy atom. The third-order valence-corrected chi connectivity index (χ3v) is 19.2. The number of aromatic amines is 3. The van der Waals surface area contributed by atoms with Crippen molar-refractivity contribution < 1.29 is 71.7 Å². The predicted octanol–water partition coefficient (Wildman–Crippen LogP) is 1.40. The minimum atomic E-state index is -2.05. The van der Waals surface area contributed by atoms with Crippen LogP contribution < -0.4 is 54.0 Å². The Morgan fingerprint density at radius 1 is 0.657 bits per heavy atom. The summed E-state index contributed by atoms with van der Waals surface area (Å²) in [6.45, 7) is 0.724. The number of phenolic OH excluding ortho intramolecular Hbond substituents is 1. The van der Waals surface area contributed by atoms with Gasteiger partial charge < -0.3 is 84.1 Å². The van der Waals surface area contributed by atoms with Crippen molar-refractivity contribution in [3.63, 3.8) is 0 Å². The van der Waals surface area contributed by atoms with Gasteiger partial charge in [-0.3, -0.25) is 52.7 Å². The molecule has 2 bridgehead atoms. The largest absolute Gasteiger partial charge is 0.508 e. The van der Waals surface area contributed by atoms with Crippen LogP contribution in [0.1, 0.15) is 72.5 Å². The van der Waals surface area contributed by atoms with Gasteiger partial charge in [-0.2, -0.15) is 23.5 Å². The van der Waals surface area contributed by atoms with E-state index in [1.807, 2.05) is 24.3 Å². The van der Waals surface area contributed by atoms with E-state index in [-0.39, 0.29) is 79.8 Å². The molecule has 17 N–H and O–H groups in total. The number of hydrogen-bond acceptors (Lipinski definition) is 16. The second-order valence-electron chi connectivity index (χ2n) is 24.4. The summed E-state index contributed by atoms with van der Waals surface area (Å²) in [5, 5.41) is 41.8. The van der Waals surface area contributed by atoms with Gasteiger partial charge in [-0.05, 0) is 109 Å². The van der Waals surface area contributed by atoms with E-state index in [9.17, 15) is 62.1 Å². The number of amides is 10. The SMILES string of the molecule is C[C@@]12CCCN1C(=O)[C@H](Cc1ccc(O)cc1)NC(=O)[C@H](Cc1cnc[nH]1)NC(=O)[C@H](CC(=O)O)NC(=O)[C@H](Cc1c[nH]c3ccc(F)cc13)NC(=O)[C@H](Cc1c[nH]c3ccc(F)cc13)NC(=O)CNC(=O)[C@@H](CCN)NC(=O)CCSCc1cccc(c1)CSC[C@@H](C(N)=O)NC2=O. The van der Waals surface area contributed by atoms with E-state index in [1.54, 1.807) is 0 Å². The Kier molecular flexibility index (Phi) is 24.9. The minimum absolute atomic E-state index is 0.0114. The molecule has 99 heavy (non-hydrogen) atoms. The Hall–Kier alpha value is -10.3. The Bertz CT molecular complexity index is 4120. The average molecular weight is 1400 g/mol. The van der Waals surface area contributed by atoms with Gasteiger partial charge in [0.05, 0.1) is 19.3 Å². The molecule has 0 spiro atoms. The van der Waals surface area contributed by atoms with Crippen LogP contribution in [0.15, 0.2) is 110 Å². The number of imidazole rings is 1. The van der Waals surface area contributed by atoms with Gasteiger partial charge in [0, 0.05) is 108 Å². The highest BCUT2D eigenvalue weighted by Gasteiger charge is 2.49. The zero-order valence-electron chi connectivity index (χ0n) is 53.8. The Labute approximate surface area is 574 Å². The minimum Gasteiger partial charge on any atom is -0.508 e. The molecule has 10 amide bonds. The summed E-state index contributed by atoms with van der Waals surface area (Å²) in [6.07, 6.45) is 3.27. The molecule has 2 aliphatic rings. The number of primary amides is 1. The van der Waals surface area contributed by atoms with Crippen molar-refractivity contribution >= 4 is 110 Å². The molecule has 1 saturated heterocycles. The predicted molar refractivity (Wildman–Crippen MR) is 362 cm³/mol. The number of nitrogens with one attached hydrogen (secondary N) is 11. The second-order valence-corrected chi connectivity index (χ2v) is 26.5. The number of H-pyrrole nitrogens is 3. The molecule has 2 aliphatic heterocycles. The van der Waals surface area contributed by atoms with Crippen LogP contribution in [0.25, 0.3) is 21.8 Å². The molecular weight excluding hydrogens is 1320 g/mol. The molecule has 8 atom stereocenters. The van der Waals surface area contributed by atoms with Gasteiger partial charge in [0.2, 0.25) is 59.1 Å². The summed E-state index contributed by atoms with van der Waals surface area (Å²) in [5.74, 6) is -10.9. The van der Waals surface area contributed by atoms with Gasteiger partial charge in [0.1, 0.15) is 65.2 Å². The zero-order chi connectivity index (χ0) is 70.9. The topological polar surface area (TPSA) is 440 Å². The van der Waals surface area contributed by atoms with Crippen LogP contribution in [-0.2, 0) is 89.9 Å². The van der Waals surface area contributed by atoms with E-state index in [1.165, 1.54) is 115 Å². The molecule has 32 heteroatoms. The lowest BCUT2D eigenvalue weighted by molar-refractivity contribution is -0.147. The van der Waals surface area contributed by atoms with Crippen molar-refractivity contribution in [2.24, 2.45) is 11.5 Å². The van der Waals surface area contributed by atoms with E-state index < -0.39 is 144 Å². The van der Waals surface area contributed by atoms with Crippen LogP contribution in [0.5, 0.6) is 5.75 Å². The number of benzene rings is 4. The maximum atomic E-state index is 15.2. The summed E-state index contributed by atoms with van der Waals surface area (Å²) in [4.78, 5) is 170. The van der Waals surface area contributed by atoms with Crippen LogP contribution in [0, 0.1) is 11.6 Å². The monoisotopic (exact) mass is 1400 g/mol. The average Bonchev–Trinajstić information content (AvgIpc) is 1.69. The van der Waals surface area contributed by atoms with Gasteiger partial charge in [0.15, 0.2) is 0 Å². The van der Waals surface area contributed by atoms with Crippen molar-refractivity contribution in [1.82, 2.24) is 67.4 Å². The van der Waals surface area contributed by atoms with Gasteiger partial charge in [-0.1, -0.05) is 36.4 Å². The van der Waals surface area contributed by atoms with Crippen molar-refractivity contribution in [3.05, 3.63) is 155 Å². The quantitative estimate of drug-likeness (QED) is 0.0776. The number of carboxylic acid groups (broad SMARTS) is 1. The second kappa shape index (κ2) is 33.8. The molecule has 28 nitrogen and oxygen atoms in total. The third kappa shape index (κ3) is 19.7. The molecule has 7 aromatic rings. The molecule has 5 heterocycles. The highest BCUT2D eigenvalue weighted by Crippen LogP contribution is 2.32. The fourth-order valence-corrected chi connectivity index (χ4v) is 13.7. The lowest BCUT2D eigenvalue weighted by atomic mass is 9.95. The van der Waals surface area contributed by atoms with Crippen molar-refractivity contribution in [1.29, 1.82) is 0 Å². The molecule has 3 aromatic heterocycles. The molecule has 4 aromatic carbocycles. The van der Waals surface area contributed by atoms with E-state index in [0.29, 0.717) is 51.2 Å². The van der Waals surface area contributed by atoms with Crippen LogP contribution >= 0.6 is 23.5 Å². The molecule has 524 valence electrons. The first-order chi connectivity index (χ1) is 47.4. The number of aliphatic carboxylic acids is 1. The van der Waals surface area contributed by atoms with E-state index >= 15 is 9.59 Å². The summed E-state index contributed by atoms with van der Waals surface area (Å²) in [5.41, 5.74) is 14.0. The fourth-order valence-electron chi connectivity index (χ4n) is 11.8. The number of halogens is 2. The van der Waals surface area contributed by atoms with E-state index in [4.69, 9.17) is 11.5 Å². The smallest absolute Gasteiger partial charge is 0.305 e.